The fraction of sp³-hybridized carbons (Fsp3) is 0.333. The van der Waals surface area contributed by atoms with Gasteiger partial charge in [0.1, 0.15) is 17.8 Å². The van der Waals surface area contributed by atoms with Gasteiger partial charge in [-0.05, 0) is 86.4 Å². The van der Waals surface area contributed by atoms with Crippen molar-refractivity contribution in [3.8, 4) is 11.5 Å². The molecule has 2 unspecified atom stereocenters. The number of halogens is 1. The molecule has 10 nitrogen and oxygen atoms in total. The van der Waals surface area contributed by atoms with Crippen molar-refractivity contribution in [1.29, 1.82) is 0 Å². The first kappa shape index (κ1) is 29.8. The first-order valence-corrected chi connectivity index (χ1v) is 16.7. The zero-order chi connectivity index (χ0) is 31.3. The molecule has 1 amide bonds. The predicted octanol–water partition coefficient (Wildman–Crippen LogP) is 5.37. The van der Waals surface area contributed by atoms with E-state index in [-0.39, 0.29) is 10.6 Å². The number of hydrogen-bond acceptors (Lipinski definition) is 9. The second-order valence-electron chi connectivity index (χ2n) is 11.5. The van der Waals surface area contributed by atoms with Crippen LogP contribution in [-0.4, -0.2) is 63.0 Å². The summed E-state index contributed by atoms with van der Waals surface area (Å²) in [5.74, 6) is 0.781. The van der Waals surface area contributed by atoms with Gasteiger partial charge in [0.05, 0.1) is 37.0 Å². The van der Waals surface area contributed by atoms with Crippen molar-refractivity contribution < 1.29 is 27.1 Å². The van der Waals surface area contributed by atoms with Gasteiger partial charge in [-0.2, -0.15) is 0 Å². The third-order valence-corrected chi connectivity index (χ3v) is 11.0. The summed E-state index contributed by atoms with van der Waals surface area (Å²) in [6.07, 6.45) is 5.64. The average Bonchev–Trinajstić information content (AvgIpc) is 3.77. The zero-order valence-electron chi connectivity index (χ0n) is 25.0. The van der Waals surface area contributed by atoms with Gasteiger partial charge >= 0.3 is 0 Å². The molecule has 2 saturated heterocycles. The first-order chi connectivity index (χ1) is 21.8. The topological polar surface area (TPSA) is 105 Å². The first-order valence-electron chi connectivity index (χ1n) is 14.9. The highest BCUT2D eigenvalue weighted by atomic mass is 35.5. The minimum atomic E-state index is -4.41. The van der Waals surface area contributed by atoms with Crippen LogP contribution in [0.2, 0.25) is 5.02 Å². The molecule has 4 aromatic rings. The van der Waals surface area contributed by atoms with Gasteiger partial charge < -0.3 is 13.9 Å². The van der Waals surface area contributed by atoms with E-state index in [1.165, 1.54) is 25.5 Å². The van der Waals surface area contributed by atoms with E-state index in [0.717, 1.165) is 35.8 Å². The normalized spacial score (nSPS) is 22.0. The molecule has 3 aromatic carbocycles. The Morgan fingerprint density at radius 2 is 1.78 bits per heavy atom. The second kappa shape index (κ2) is 11.5. The van der Waals surface area contributed by atoms with Gasteiger partial charge in [-0.25, -0.2) is 17.7 Å². The van der Waals surface area contributed by atoms with E-state index in [2.05, 4.69) is 9.88 Å². The Kier molecular flexibility index (Phi) is 7.60. The summed E-state index contributed by atoms with van der Waals surface area (Å²) in [5.41, 5.74) is 0.633. The number of nitrogens with zero attached hydrogens (tertiary/aromatic N) is 4. The maximum Gasteiger partial charge on any atom is 0.271 e. The highest BCUT2D eigenvalue weighted by Gasteiger charge is 2.62. The highest BCUT2D eigenvalue weighted by molar-refractivity contribution is 7.93. The number of carbonyl (C=O) groups is 1. The van der Waals surface area contributed by atoms with E-state index in [0.29, 0.717) is 53.0 Å². The molecule has 12 heteroatoms. The fourth-order valence-electron chi connectivity index (χ4n) is 6.89. The summed E-state index contributed by atoms with van der Waals surface area (Å²) in [6, 6.07) is 16.4. The summed E-state index contributed by atoms with van der Waals surface area (Å²) in [6.45, 7) is 3.18. The minimum absolute atomic E-state index is 0.0532. The number of fused-ring (bicyclic) bond motifs is 1. The van der Waals surface area contributed by atoms with Crippen molar-refractivity contribution in [1.82, 2.24) is 14.8 Å². The highest BCUT2D eigenvalue weighted by Crippen LogP contribution is 2.56. The number of amides is 1. The molecule has 2 atom stereocenters. The van der Waals surface area contributed by atoms with Crippen molar-refractivity contribution in [2.45, 2.75) is 42.3 Å². The van der Waals surface area contributed by atoms with Crippen LogP contribution in [0.4, 0.5) is 5.69 Å². The Hall–Kier alpha value is -3.90. The number of ether oxygens (including phenoxy) is 2. The molecule has 2 fully saturated rings. The van der Waals surface area contributed by atoms with Crippen molar-refractivity contribution >= 4 is 33.2 Å². The molecule has 4 heterocycles. The molecule has 1 aromatic heterocycles. The molecule has 3 aliphatic heterocycles. The Balaban J connectivity index is 1.50. The smallest absolute Gasteiger partial charge is 0.271 e. The van der Waals surface area contributed by atoms with Crippen LogP contribution < -0.4 is 13.8 Å². The Morgan fingerprint density at radius 1 is 0.978 bits per heavy atom. The lowest BCUT2D eigenvalue weighted by Crippen LogP contribution is -2.54. The van der Waals surface area contributed by atoms with Crippen LogP contribution in [-0.2, 0) is 26.9 Å². The van der Waals surface area contributed by atoms with E-state index in [9.17, 15) is 8.42 Å². The molecular weight excluding hydrogens is 616 g/mol. The Morgan fingerprint density at radius 3 is 2.44 bits per heavy atom. The fourth-order valence-corrected chi connectivity index (χ4v) is 8.51. The van der Waals surface area contributed by atoms with E-state index in [1.807, 2.05) is 23.1 Å². The third-order valence-electron chi connectivity index (χ3n) is 9.09. The second-order valence-corrected chi connectivity index (χ2v) is 13.7. The van der Waals surface area contributed by atoms with Crippen LogP contribution in [0.25, 0.3) is 0 Å². The van der Waals surface area contributed by atoms with E-state index >= 15 is 4.79 Å². The van der Waals surface area contributed by atoms with Gasteiger partial charge in [-0.3, -0.25) is 14.6 Å². The predicted molar refractivity (Wildman–Crippen MR) is 168 cm³/mol. The van der Waals surface area contributed by atoms with Crippen molar-refractivity contribution in [3.63, 3.8) is 0 Å². The molecule has 0 radical (unpaired) electrons. The lowest BCUT2D eigenvalue weighted by molar-refractivity contribution is -0.127. The molecule has 0 saturated carbocycles. The molecule has 0 aliphatic carbocycles. The molecule has 45 heavy (non-hydrogen) atoms. The zero-order valence-corrected chi connectivity index (χ0v) is 26.6. The standard InChI is InChI=1S/C33H33ClN4O6S/c1-42-24-8-10-25(11-9-24)45(40,41)38-29-20-23(34)7-12-26(29)33(32(38)39,37-17-3-5-28(37)31-35-14-18-44-31)27-19-22(6-13-30(27)43-2)21-36-15-4-16-36/h6-14,18-20,28H,3-5,15-17,21H2,1-2H3. The maximum absolute atomic E-state index is 15.4. The van der Waals surface area contributed by atoms with E-state index < -0.39 is 27.5 Å². The number of benzene rings is 3. The van der Waals surface area contributed by atoms with Gasteiger partial charge in [0.2, 0.25) is 5.89 Å². The van der Waals surface area contributed by atoms with Crippen LogP contribution in [0.1, 0.15) is 47.9 Å². The largest absolute Gasteiger partial charge is 0.497 e. The van der Waals surface area contributed by atoms with E-state index in [1.54, 1.807) is 43.6 Å². The average molecular weight is 649 g/mol. The lowest BCUT2D eigenvalue weighted by atomic mass is 9.80. The Bertz CT molecular complexity index is 1850. The molecule has 0 N–H and O–H groups in total. The summed E-state index contributed by atoms with van der Waals surface area (Å²) in [7, 11) is -1.35. The monoisotopic (exact) mass is 648 g/mol. The number of methoxy groups -OCH3 is 2. The lowest BCUT2D eigenvalue weighted by Gasteiger charge is -2.41. The number of oxazole rings is 1. The van der Waals surface area contributed by atoms with Crippen molar-refractivity contribution in [2.24, 2.45) is 0 Å². The van der Waals surface area contributed by atoms with Gasteiger partial charge in [-0.1, -0.05) is 23.7 Å². The molecule has 234 valence electrons. The molecule has 7 rings (SSSR count). The molecule has 0 spiro atoms. The summed E-state index contributed by atoms with van der Waals surface area (Å²) in [5, 5.41) is 0.302. The summed E-state index contributed by atoms with van der Waals surface area (Å²) >= 11 is 6.53. The number of likely N-dealkylation sites (tertiary alicyclic amines) is 2. The number of aromatic nitrogens is 1. The van der Waals surface area contributed by atoms with Crippen molar-refractivity contribution in [2.75, 3.05) is 38.2 Å². The van der Waals surface area contributed by atoms with Crippen LogP contribution in [0.5, 0.6) is 11.5 Å². The van der Waals surface area contributed by atoms with Crippen LogP contribution >= 0.6 is 11.6 Å². The molecular formula is C33H33ClN4O6S. The van der Waals surface area contributed by atoms with Crippen LogP contribution in [0.15, 0.2) is 82.4 Å². The van der Waals surface area contributed by atoms with Crippen LogP contribution in [0, 0.1) is 0 Å². The third kappa shape index (κ3) is 4.72. The summed E-state index contributed by atoms with van der Waals surface area (Å²) in [4.78, 5) is 24.2. The number of hydrogen-bond donors (Lipinski definition) is 0. The van der Waals surface area contributed by atoms with Crippen molar-refractivity contribution in [3.05, 3.63) is 101 Å². The SMILES string of the molecule is COc1ccc(S(=O)(=O)N2C(=O)C(c3cc(CN4CCC4)ccc3OC)(N3CCCC3c3ncco3)c3ccc(Cl)cc32)cc1. The van der Waals surface area contributed by atoms with Crippen LogP contribution in [0.3, 0.4) is 0 Å². The van der Waals surface area contributed by atoms with Gasteiger partial charge in [0.25, 0.3) is 15.9 Å². The maximum atomic E-state index is 15.4. The molecule has 0 bridgehead atoms. The van der Waals surface area contributed by atoms with Gasteiger partial charge in [0, 0.05) is 29.2 Å². The van der Waals surface area contributed by atoms with E-state index in [4.69, 9.17) is 25.5 Å². The quantitative estimate of drug-likeness (QED) is 0.237. The Labute approximate surface area is 267 Å². The number of sulfonamides is 1. The molecule has 3 aliphatic rings. The number of anilines is 1. The number of rotatable bonds is 9. The summed E-state index contributed by atoms with van der Waals surface area (Å²) < 4.78 is 46.9. The minimum Gasteiger partial charge on any atom is -0.497 e. The number of carbonyl (C=O) groups excluding carboxylic acids is 1. The van der Waals surface area contributed by atoms with Gasteiger partial charge in [0.15, 0.2) is 5.54 Å². The van der Waals surface area contributed by atoms with Gasteiger partial charge in [-0.15, -0.1) is 0 Å².